The third-order valence-electron chi connectivity index (χ3n) is 2.24. The number of hydrogen-bond donors (Lipinski definition) is 1. The number of aryl methyl sites for hydroxylation is 1. The second-order valence-electron chi connectivity index (χ2n) is 3.66. The lowest BCUT2D eigenvalue weighted by atomic mass is 10.2. The van der Waals surface area contributed by atoms with Gasteiger partial charge in [0.05, 0.1) is 12.0 Å². The Hall–Kier alpha value is -0.920. The van der Waals surface area contributed by atoms with Gasteiger partial charge < -0.3 is 4.74 Å². The topological polar surface area (TPSA) is 72.5 Å². The minimum absolute atomic E-state index is 0.0666. The van der Waals surface area contributed by atoms with Gasteiger partial charge in [0.15, 0.2) is 0 Å². The van der Waals surface area contributed by atoms with Crippen molar-refractivity contribution in [3.05, 3.63) is 29.8 Å². The van der Waals surface area contributed by atoms with Crippen LogP contribution in [0.4, 0.5) is 0 Å². The molecule has 0 aliphatic heterocycles. The third kappa shape index (κ3) is 4.08. The van der Waals surface area contributed by atoms with Gasteiger partial charge in [-0.3, -0.25) is 4.79 Å². The standard InChI is InChI=1S/C11H14BrNO4S/c1-8-3-5-9(6-4-8)18(15,16)13-7-10(12)11(14)17-2/h3-6,10,13H,7H2,1-2H3/t10-/m1/s1. The van der Waals surface area contributed by atoms with Gasteiger partial charge in [-0.25, -0.2) is 13.1 Å². The van der Waals surface area contributed by atoms with Gasteiger partial charge in [-0.15, -0.1) is 0 Å². The molecule has 0 amide bonds. The van der Waals surface area contributed by atoms with Crippen molar-refractivity contribution in [3.8, 4) is 0 Å². The Morgan fingerprint density at radius 3 is 2.44 bits per heavy atom. The van der Waals surface area contributed by atoms with Gasteiger partial charge in [-0.05, 0) is 19.1 Å². The highest BCUT2D eigenvalue weighted by Crippen LogP contribution is 2.10. The first kappa shape index (κ1) is 15.1. The van der Waals surface area contributed by atoms with Gasteiger partial charge >= 0.3 is 5.97 Å². The van der Waals surface area contributed by atoms with Crippen LogP contribution in [0.2, 0.25) is 0 Å². The molecule has 0 saturated heterocycles. The van der Waals surface area contributed by atoms with E-state index in [1.54, 1.807) is 12.1 Å². The number of carbonyl (C=O) groups is 1. The van der Waals surface area contributed by atoms with Gasteiger partial charge in [-0.1, -0.05) is 33.6 Å². The Kier molecular flexibility index (Phi) is 5.30. The molecule has 0 unspecified atom stereocenters. The van der Waals surface area contributed by atoms with E-state index in [4.69, 9.17) is 0 Å². The molecule has 1 rings (SSSR count). The largest absolute Gasteiger partial charge is 0.468 e. The molecular formula is C11H14BrNO4S. The molecule has 0 aliphatic rings. The van der Waals surface area contributed by atoms with Crippen LogP contribution in [0.25, 0.3) is 0 Å². The summed E-state index contributed by atoms with van der Waals surface area (Å²) in [4.78, 5) is 10.6. The summed E-state index contributed by atoms with van der Waals surface area (Å²) in [7, 11) is -2.36. The van der Waals surface area contributed by atoms with Crippen LogP contribution in [0.1, 0.15) is 5.56 Å². The fraction of sp³-hybridized carbons (Fsp3) is 0.364. The zero-order chi connectivity index (χ0) is 13.8. The molecule has 100 valence electrons. The maximum atomic E-state index is 11.9. The predicted octanol–water partition coefficient (Wildman–Crippen LogP) is 1.21. The van der Waals surface area contributed by atoms with Crippen molar-refractivity contribution in [2.75, 3.05) is 13.7 Å². The summed E-state index contributed by atoms with van der Waals surface area (Å²) in [6.45, 7) is 1.80. The lowest BCUT2D eigenvalue weighted by Crippen LogP contribution is -2.33. The molecule has 5 nitrogen and oxygen atoms in total. The van der Waals surface area contributed by atoms with Gasteiger partial charge in [0.2, 0.25) is 10.0 Å². The first-order valence-corrected chi connectivity index (χ1v) is 7.55. The SMILES string of the molecule is COC(=O)[C@H](Br)CNS(=O)(=O)c1ccc(C)cc1. The lowest BCUT2D eigenvalue weighted by Gasteiger charge is -2.10. The molecule has 1 aromatic rings. The fourth-order valence-corrected chi connectivity index (χ4v) is 2.81. The monoisotopic (exact) mass is 335 g/mol. The molecule has 0 fully saturated rings. The van der Waals surface area contributed by atoms with Crippen LogP contribution in [0, 0.1) is 6.92 Å². The molecule has 7 heteroatoms. The van der Waals surface area contributed by atoms with E-state index in [1.165, 1.54) is 19.2 Å². The van der Waals surface area contributed by atoms with Crippen molar-refractivity contribution >= 4 is 31.9 Å². The first-order chi connectivity index (χ1) is 8.36. The number of esters is 1. The summed E-state index contributed by atoms with van der Waals surface area (Å²) in [5.74, 6) is -0.526. The number of sulfonamides is 1. The molecule has 0 aliphatic carbocycles. The van der Waals surface area contributed by atoms with E-state index < -0.39 is 20.8 Å². The number of rotatable bonds is 5. The number of halogens is 1. The quantitative estimate of drug-likeness (QED) is 0.648. The predicted molar refractivity (Wildman–Crippen MR) is 71.1 cm³/mol. The molecule has 0 heterocycles. The summed E-state index contributed by atoms with van der Waals surface area (Å²) < 4.78 is 30.6. The van der Waals surface area contributed by atoms with Gasteiger partial charge in [-0.2, -0.15) is 0 Å². The van der Waals surface area contributed by atoms with Crippen molar-refractivity contribution in [1.82, 2.24) is 4.72 Å². The average Bonchev–Trinajstić information content (AvgIpc) is 2.35. The molecule has 1 N–H and O–H groups in total. The highest BCUT2D eigenvalue weighted by atomic mass is 79.9. The molecular weight excluding hydrogens is 322 g/mol. The summed E-state index contributed by atoms with van der Waals surface area (Å²) in [6, 6.07) is 6.44. The van der Waals surface area contributed by atoms with Gasteiger partial charge in [0.1, 0.15) is 4.83 Å². The zero-order valence-corrected chi connectivity index (χ0v) is 12.4. The maximum Gasteiger partial charge on any atom is 0.320 e. The molecule has 0 bridgehead atoms. The lowest BCUT2D eigenvalue weighted by molar-refractivity contribution is -0.139. The Morgan fingerprint density at radius 2 is 1.94 bits per heavy atom. The maximum absolute atomic E-state index is 11.9. The third-order valence-corrected chi connectivity index (χ3v) is 4.38. The molecule has 18 heavy (non-hydrogen) atoms. The zero-order valence-electron chi connectivity index (χ0n) is 10.0. The number of hydrogen-bond acceptors (Lipinski definition) is 4. The first-order valence-electron chi connectivity index (χ1n) is 5.15. The van der Waals surface area contributed by atoms with E-state index >= 15 is 0 Å². The molecule has 1 aromatic carbocycles. The molecule has 0 aromatic heterocycles. The Bertz CT molecular complexity index is 512. The number of nitrogens with one attached hydrogen (secondary N) is 1. The number of methoxy groups -OCH3 is 1. The summed E-state index contributed by atoms with van der Waals surface area (Å²) in [5, 5.41) is 0. The van der Waals surface area contributed by atoms with Crippen LogP contribution in [0.5, 0.6) is 0 Å². The molecule has 0 radical (unpaired) electrons. The average molecular weight is 336 g/mol. The van der Waals surface area contributed by atoms with Crippen LogP contribution in [-0.2, 0) is 19.6 Å². The van der Waals surface area contributed by atoms with Crippen LogP contribution in [0.3, 0.4) is 0 Å². The number of ether oxygens (including phenoxy) is 1. The minimum atomic E-state index is -3.60. The van der Waals surface area contributed by atoms with E-state index in [2.05, 4.69) is 25.4 Å². The molecule has 0 spiro atoms. The number of carbonyl (C=O) groups excluding carboxylic acids is 1. The van der Waals surface area contributed by atoms with E-state index in [0.29, 0.717) is 0 Å². The minimum Gasteiger partial charge on any atom is -0.468 e. The van der Waals surface area contributed by atoms with Crippen LogP contribution >= 0.6 is 15.9 Å². The van der Waals surface area contributed by atoms with Crippen molar-refractivity contribution < 1.29 is 17.9 Å². The second-order valence-corrected chi connectivity index (χ2v) is 6.53. The van der Waals surface area contributed by atoms with Crippen LogP contribution < -0.4 is 4.72 Å². The van der Waals surface area contributed by atoms with Crippen molar-refractivity contribution in [1.29, 1.82) is 0 Å². The van der Waals surface area contributed by atoms with Crippen LogP contribution in [0.15, 0.2) is 29.2 Å². The highest BCUT2D eigenvalue weighted by molar-refractivity contribution is 9.10. The Labute approximate surface area is 115 Å². The smallest absolute Gasteiger partial charge is 0.320 e. The van der Waals surface area contributed by atoms with E-state index in [0.717, 1.165) is 5.56 Å². The van der Waals surface area contributed by atoms with Gasteiger partial charge in [0, 0.05) is 6.54 Å². The van der Waals surface area contributed by atoms with E-state index in [1.807, 2.05) is 6.92 Å². The number of benzene rings is 1. The summed E-state index contributed by atoms with van der Waals surface area (Å²) >= 11 is 3.04. The Morgan fingerprint density at radius 1 is 1.39 bits per heavy atom. The van der Waals surface area contributed by atoms with Crippen molar-refractivity contribution in [2.45, 2.75) is 16.6 Å². The van der Waals surface area contributed by atoms with E-state index in [9.17, 15) is 13.2 Å². The summed E-state index contributed by atoms with van der Waals surface area (Å²) in [5.41, 5.74) is 0.974. The van der Waals surface area contributed by atoms with Crippen LogP contribution in [-0.4, -0.2) is 32.9 Å². The molecule has 0 saturated carbocycles. The summed E-state index contributed by atoms with van der Waals surface area (Å²) in [6.07, 6.45) is 0. The Balaban J connectivity index is 2.71. The van der Waals surface area contributed by atoms with Gasteiger partial charge in [0.25, 0.3) is 0 Å². The highest BCUT2D eigenvalue weighted by Gasteiger charge is 2.20. The van der Waals surface area contributed by atoms with E-state index in [-0.39, 0.29) is 11.4 Å². The fourth-order valence-electron chi connectivity index (χ4n) is 1.19. The van der Waals surface area contributed by atoms with Crippen molar-refractivity contribution in [2.24, 2.45) is 0 Å². The molecule has 1 atom stereocenters. The van der Waals surface area contributed by atoms with Crippen molar-refractivity contribution in [3.63, 3.8) is 0 Å². The second kappa shape index (κ2) is 6.31. The normalized spacial score (nSPS) is 13.1. The number of alkyl halides is 1.